The molecule has 0 aliphatic heterocycles. The van der Waals surface area contributed by atoms with Crippen LogP contribution in [0.2, 0.25) is 0 Å². The quantitative estimate of drug-likeness (QED) is 0.586. The summed E-state index contributed by atoms with van der Waals surface area (Å²) in [6.07, 6.45) is 5.77. The molecular formula is C23H31N3O2S. The van der Waals surface area contributed by atoms with Gasteiger partial charge in [0.25, 0.3) is 0 Å². The van der Waals surface area contributed by atoms with E-state index in [2.05, 4.69) is 28.1 Å². The van der Waals surface area contributed by atoms with E-state index >= 15 is 0 Å². The molecule has 1 heterocycles. The number of rotatable bonds is 9. The summed E-state index contributed by atoms with van der Waals surface area (Å²) in [6.45, 7) is 2.15. The standard InChI is InChI=1S/C23H31N3O2S/c27-22(15-21-7-4-14-29-21)25-16-19-8-10-20(11-9-19)17-26-23(28)24-13-12-18-5-2-1-3-6-18/h1-7,14,19-20H,8-13,15-17H2,(H,25,27)(H2,24,26,28). The molecule has 1 saturated carbocycles. The second-order valence-electron chi connectivity index (χ2n) is 7.82. The summed E-state index contributed by atoms with van der Waals surface area (Å²) in [5.41, 5.74) is 1.23. The van der Waals surface area contributed by atoms with Crippen LogP contribution >= 0.6 is 11.3 Å². The van der Waals surface area contributed by atoms with Crippen LogP contribution in [0.15, 0.2) is 47.8 Å². The van der Waals surface area contributed by atoms with Gasteiger partial charge in [-0.1, -0.05) is 36.4 Å². The molecule has 1 aromatic carbocycles. The van der Waals surface area contributed by atoms with Crippen LogP contribution in [0.4, 0.5) is 4.79 Å². The van der Waals surface area contributed by atoms with Crippen LogP contribution in [0, 0.1) is 11.8 Å². The van der Waals surface area contributed by atoms with E-state index in [0.717, 1.165) is 50.1 Å². The number of amides is 3. The molecule has 0 unspecified atom stereocenters. The van der Waals surface area contributed by atoms with Gasteiger partial charge in [0.05, 0.1) is 6.42 Å². The van der Waals surface area contributed by atoms with Crippen molar-refractivity contribution in [2.24, 2.45) is 11.8 Å². The average Bonchev–Trinajstić information content (AvgIpc) is 3.25. The summed E-state index contributed by atoms with van der Waals surface area (Å²) in [5, 5.41) is 11.0. The third-order valence-corrected chi connectivity index (χ3v) is 6.44. The van der Waals surface area contributed by atoms with Crippen molar-refractivity contribution in [2.45, 2.75) is 38.5 Å². The first-order valence-electron chi connectivity index (χ1n) is 10.5. The first-order valence-corrected chi connectivity index (χ1v) is 11.4. The SMILES string of the molecule is O=C(Cc1cccs1)NCC1CCC(CNC(=O)NCCc2ccccc2)CC1. The van der Waals surface area contributed by atoms with Gasteiger partial charge < -0.3 is 16.0 Å². The first kappa shape index (κ1) is 21.4. The third kappa shape index (κ3) is 7.89. The lowest BCUT2D eigenvalue weighted by molar-refractivity contribution is -0.120. The molecule has 1 fully saturated rings. The van der Waals surface area contributed by atoms with Gasteiger partial charge in [-0.25, -0.2) is 4.79 Å². The van der Waals surface area contributed by atoms with Gasteiger partial charge in [-0.3, -0.25) is 4.79 Å². The zero-order chi connectivity index (χ0) is 20.3. The van der Waals surface area contributed by atoms with Crippen LogP contribution in [-0.2, 0) is 17.6 Å². The molecular weight excluding hydrogens is 382 g/mol. The van der Waals surface area contributed by atoms with Crippen LogP contribution in [0.25, 0.3) is 0 Å². The molecule has 1 aliphatic carbocycles. The van der Waals surface area contributed by atoms with Gasteiger partial charge in [-0.05, 0) is 60.9 Å². The van der Waals surface area contributed by atoms with Gasteiger partial charge in [-0.2, -0.15) is 0 Å². The topological polar surface area (TPSA) is 70.2 Å². The van der Waals surface area contributed by atoms with Gasteiger partial charge in [0.15, 0.2) is 0 Å². The molecule has 2 aromatic rings. The maximum Gasteiger partial charge on any atom is 0.314 e. The molecule has 6 heteroatoms. The highest BCUT2D eigenvalue weighted by Gasteiger charge is 2.22. The van der Waals surface area contributed by atoms with E-state index in [1.807, 2.05) is 35.7 Å². The monoisotopic (exact) mass is 413 g/mol. The van der Waals surface area contributed by atoms with Gasteiger partial charge in [-0.15, -0.1) is 11.3 Å². The fraction of sp³-hybridized carbons (Fsp3) is 0.478. The molecule has 156 valence electrons. The van der Waals surface area contributed by atoms with E-state index in [4.69, 9.17) is 0 Å². The van der Waals surface area contributed by atoms with Crippen molar-refractivity contribution in [3.05, 3.63) is 58.3 Å². The Labute approximate surface area is 177 Å². The van der Waals surface area contributed by atoms with Crippen LogP contribution in [-0.4, -0.2) is 31.6 Å². The Morgan fingerprint density at radius 1 is 0.862 bits per heavy atom. The minimum Gasteiger partial charge on any atom is -0.356 e. The molecule has 3 N–H and O–H groups in total. The fourth-order valence-electron chi connectivity index (χ4n) is 3.80. The van der Waals surface area contributed by atoms with Crippen molar-refractivity contribution in [3.63, 3.8) is 0 Å². The number of urea groups is 1. The summed E-state index contributed by atoms with van der Waals surface area (Å²) in [6, 6.07) is 14.1. The van der Waals surface area contributed by atoms with Gasteiger partial charge in [0.1, 0.15) is 0 Å². The molecule has 0 radical (unpaired) electrons. The Balaban J connectivity index is 1.23. The minimum atomic E-state index is -0.0797. The normalized spacial score (nSPS) is 18.8. The molecule has 29 heavy (non-hydrogen) atoms. The Kier molecular flexibility index (Phi) is 8.56. The van der Waals surface area contributed by atoms with Gasteiger partial charge in [0, 0.05) is 24.5 Å². The number of thiophene rings is 1. The third-order valence-electron chi connectivity index (χ3n) is 5.56. The predicted molar refractivity (Wildman–Crippen MR) is 118 cm³/mol. The number of carbonyl (C=O) groups is 2. The number of hydrogen-bond donors (Lipinski definition) is 3. The summed E-state index contributed by atoms with van der Waals surface area (Å²) in [4.78, 5) is 25.1. The summed E-state index contributed by atoms with van der Waals surface area (Å²) >= 11 is 1.62. The number of carbonyl (C=O) groups excluding carboxylic acids is 2. The number of nitrogens with one attached hydrogen (secondary N) is 3. The summed E-state index contributed by atoms with van der Waals surface area (Å²) in [7, 11) is 0. The maximum absolute atomic E-state index is 12.0. The zero-order valence-electron chi connectivity index (χ0n) is 16.9. The van der Waals surface area contributed by atoms with Crippen molar-refractivity contribution < 1.29 is 9.59 Å². The highest BCUT2D eigenvalue weighted by molar-refractivity contribution is 7.10. The van der Waals surface area contributed by atoms with Crippen LogP contribution in [0.3, 0.4) is 0 Å². The van der Waals surface area contributed by atoms with E-state index in [1.165, 1.54) is 5.56 Å². The Bertz CT molecular complexity index is 741. The van der Waals surface area contributed by atoms with Crippen molar-refractivity contribution >= 4 is 23.3 Å². The second-order valence-corrected chi connectivity index (χ2v) is 8.85. The lowest BCUT2D eigenvalue weighted by Gasteiger charge is -2.28. The maximum atomic E-state index is 12.0. The molecule has 3 rings (SSSR count). The van der Waals surface area contributed by atoms with Crippen LogP contribution < -0.4 is 16.0 Å². The van der Waals surface area contributed by atoms with Crippen molar-refractivity contribution in [3.8, 4) is 0 Å². The highest BCUT2D eigenvalue weighted by atomic mass is 32.1. The van der Waals surface area contributed by atoms with Crippen LogP contribution in [0.1, 0.15) is 36.1 Å². The Morgan fingerprint density at radius 2 is 1.55 bits per heavy atom. The summed E-state index contributed by atoms with van der Waals surface area (Å²) in [5.74, 6) is 1.20. The number of hydrogen-bond acceptors (Lipinski definition) is 3. The Hall–Kier alpha value is -2.34. The molecule has 0 bridgehead atoms. The zero-order valence-corrected chi connectivity index (χ0v) is 17.7. The number of benzene rings is 1. The second kappa shape index (κ2) is 11.6. The Morgan fingerprint density at radius 3 is 2.21 bits per heavy atom. The van der Waals surface area contributed by atoms with Crippen molar-refractivity contribution in [1.82, 2.24) is 16.0 Å². The largest absolute Gasteiger partial charge is 0.356 e. The van der Waals surface area contributed by atoms with E-state index in [-0.39, 0.29) is 11.9 Å². The average molecular weight is 414 g/mol. The predicted octanol–water partition coefficient (Wildman–Crippen LogP) is 3.76. The van der Waals surface area contributed by atoms with E-state index < -0.39 is 0 Å². The molecule has 1 aliphatic rings. The van der Waals surface area contributed by atoms with E-state index in [1.54, 1.807) is 11.3 Å². The summed E-state index contributed by atoms with van der Waals surface area (Å²) < 4.78 is 0. The molecule has 1 aromatic heterocycles. The van der Waals surface area contributed by atoms with Gasteiger partial charge >= 0.3 is 6.03 Å². The lowest BCUT2D eigenvalue weighted by Crippen LogP contribution is -2.40. The van der Waals surface area contributed by atoms with Crippen molar-refractivity contribution in [2.75, 3.05) is 19.6 Å². The molecule has 3 amide bonds. The molecule has 5 nitrogen and oxygen atoms in total. The highest BCUT2D eigenvalue weighted by Crippen LogP contribution is 2.27. The van der Waals surface area contributed by atoms with Crippen molar-refractivity contribution in [1.29, 1.82) is 0 Å². The lowest BCUT2D eigenvalue weighted by atomic mass is 9.82. The van der Waals surface area contributed by atoms with Crippen LogP contribution in [0.5, 0.6) is 0 Å². The van der Waals surface area contributed by atoms with E-state index in [0.29, 0.717) is 24.8 Å². The minimum absolute atomic E-state index is 0.0797. The smallest absolute Gasteiger partial charge is 0.314 e. The molecule has 0 spiro atoms. The molecule has 0 atom stereocenters. The molecule has 0 saturated heterocycles. The fourth-order valence-corrected chi connectivity index (χ4v) is 4.50. The van der Waals surface area contributed by atoms with E-state index in [9.17, 15) is 9.59 Å². The van der Waals surface area contributed by atoms with Gasteiger partial charge in [0.2, 0.25) is 5.91 Å². The first-order chi connectivity index (χ1) is 14.2.